The quantitative estimate of drug-likeness (QED) is 0.616. The molecule has 0 saturated heterocycles. The van der Waals surface area contributed by atoms with Crippen molar-refractivity contribution < 1.29 is 9.47 Å². The van der Waals surface area contributed by atoms with E-state index < -0.39 is 0 Å². The maximum absolute atomic E-state index is 13.4. The number of pyridine rings is 1. The second-order valence-electron chi connectivity index (χ2n) is 6.84. The van der Waals surface area contributed by atoms with E-state index >= 15 is 0 Å². The van der Waals surface area contributed by atoms with Gasteiger partial charge in [-0.2, -0.15) is 0 Å². The van der Waals surface area contributed by atoms with Crippen LogP contribution in [0, 0.1) is 0 Å². The third-order valence-corrected chi connectivity index (χ3v) is 5.10. The number of benzene rings is 2. The van der Waals surface area contributed by atoms with Crippen LogP contribution in [0.1, 0.15) is 25.0 Å². The van der Waals surface area contributed by atoms with Crippen molar-refractivity contribution in [1.29, 1.82) is 0 Å². The Morgan fingerprint density at radius 1 is 0.786 bits per heavy atom. The lowest BCUT2D eigenvalue weighted by molar-refractivity contribution is 0.410. The van der Waals surface area contributed by atoms with E-state index in [-0.39, 0.29) is 5.43 Å². The molecule has 0 spiro atoms. The molecule has 2 aromatic carbocycles. The van der Waals surface area contributed by atoms with Gasteiger partial charge < -0.3 is 14.0 Å². The minimum atomic E-state index is 0.0255. The highest BCUT2D eigenvalue weighted by molar-refractivity contribution is 5.73. The molecular weight excluding hydrogens is 350 g/mol. The summed E-state index contributed by atoms with van der Waals surface area (Å²) in [7, 11) is 5.28. The Hall–Kier alpha value is -3.01. The smallest absolute Gasteiger partial charge is 0.197 e. The van der Waals surface area contributed by atoms with Crippen LogP contribution in [-0.2, 0) is 19.9 Å². The molecule has 0 N–H and O–H groups in total. The molecule has 0 fully saturated rings. The summed E-state index contributed by atoms with van der Waals surface area (Å²) in [6.45, 7) is 4.17. The van der Waals surface area contributed by atoms with E-state index in [0.717, 1.165) is 46.6 Å². The zero-order valence-corrected chi connectivity index (χ0v) is 17.2. The van der Waals surface area contributed by atoms with Crippen molar-refractivity contribution in [2.24, 2.45) is 7.05 Å². The number of hydrogen-bond acceptors (Lipinski definition) is 3. The summed E-state index contributed by atoms with van der Waals surface area (Å²) in [5, 5.41) is 0. The first kappa shape index (κ1) is 19.7. The van der Waals surface area contributed by atoms with Gasteiger partial charge in [-0.05, 0) is 59.4 Å². The molecule has 0 aliphatic carbocycles. The first-order valence-electron chi connectivity index (χ1n) is 9.57. The molecule has 1 heterocycles. The van der Waals surface area contributed by atoms with E-state index in [1.165, 1.54) is 0 Å². The number of hydrogen-bond donors (Lipinski definition) is 0. The minimum absolute atomic E-state index is 0.0255. The Morgan fingerprint density at radius 2 is 1.21 bits per heavy atom. The summed E-state index contributed by atoms with van der Waals surface area (Å²) < 4.78 is 12.8. The Kier molecular flexibility index (Phi) is 5.88. The van der Waals surface area contributed by atoms with Crippen molar-refractivity contribution >= 4 is 0 Å². The Bertz CT molecular complexity index is 970. The average Bonchev–Trinajstić information content (AvgIpc) is 2.74. The second kappa shape index (κ2) is 8.34. The maximum Gasteiger partial charge on any atom is 0.197 e. The van der Waals surface area contributed by atoms with Gasteiger partial charge in [-0.1, -0.05) is 26.0 Å². The monoisotopic (exact) mass is 377 g/mol. The number of rotatable bonds is 6. The fraction of sp³-hybridized carbons (Fsp3) is 0.292. The largest absolute Gasteiger partial charge is 0.496 e. The maximum atomic E-state index is 13.4. The van der Waals surface area contributed by atoms with Crippen molar-refractivity contribution in [2.45, 2.75) is 26.7 Å². The number of aromatic nitrogens is 1. The molecule has 146 valence electrons. The van der Waals surface area contributed by atoms with Crippen LogP contribution in [-0.4, -0.2) is 18.8 Å². The van der Waals surface area contributed by atoms with Crippen molar-refractivity contribution in [3.8, 4) is 33.8 Å². The lowest BCUT2D eigenvalue weighted by Crippen LogP contribution is -2.12. The van der Waals surface area contributed by atoms with Gasteiger partial charge in [-0.15, -0.1) is 0 Å². The van der Waals surface area contributed by atoms with E-state index in [0.29, 0.717) is 11.1 Å². The van der Waals surface area contributed by atoms with Crippen molar-refractivity contribution in [3.05, 3.63) is 70.1 Å². The molecular formula is C24H27NO3. The summed E-state index contributed by atoms with van der Waals surface area (Å²) in [4.78, 5) is 13.4. The molecule has 1 aromatic heterocycles. The number of methoxy groups -OCH3 is 2. The highest BCUT2D eigenvalue weighted by Crippen LogP contribution is 2.29. The van der Waals surface area contributed by atoms with Crippen molar-refractivity contribution in [3.63, 3.8) is 0 Å². The summed E-state index contributed by atoms with van der Waals surface area (Å²) in [5.74, 6) is 1.70. The first-order valence-corrected chi connectivity index (χ1v) is 9.57. The molecule has 0 radical (unpaired) electrons. The molecule has 0 atom stereocenters. The van der Waals surface area contributed by atoms with Crippen LogP contribution in [0.5, 0.6) is 11.5 Å². The molecule has 0 aliphatic rings. The van der Waals surface area contributed by atoms with Gasteiger partial charge in [0.05, 0.1) is 14.2 Å². The van der Waals surface area contributed by atoms with Crippen LogP contribution in [0.4, 0.5) is 0 Å². The fourth-order valence-corrected chi connectivity index (χ4v) is 3.56. The third kappa shape index (κ3) is 3.68. The molecule has 0 bridgehead atoms. The molecule has 0 unspecified atom stereocenters. The molecule has 0 amide bonds. The van der Waals surface area contributed by atoms with Gasteiger partial charge in [0.1, 0.15) is 11.5 Å². The molecule has 0 saturated carbocycles. The first-order chi connectivity index (χ1) is 13.5. The van der Waals surface area contributed by atoms with Crippen LogP contribution in [0.3, 0.4) is 0 Å². The average molecular weight is 377 g/mol. The topological polar surface area (TPSA) is 40.5 Å². The van der Waals surface area contributed by atoms with Crippen LogP contribution in [0.15, 0.2) is 53.6 Å². The summed E-state index contributed by atoms with van der Waals surface area (Å²) in [6, 6.07) is 11.9. The fourth-order valence-electron chi connectivity index (χ4n) is 3.56. The minimum Gasteiger partial charge on any atom is -0.496 e. The van der Waals surface area contributed by atoms with Gasteiger partial charge in [0, 0.05) is 30.6 Å². The number of aryl methyl sites for hydroxylation is 3. The van der Waals surface area contributed by atoms with Gasteiger partial charge in [-0.3, -0.25) is 4.79 Å². The normalized spacial score (nSPS) is 10.8. The van der Waals surface area contributed by atoms with E-state index in [4.69, 9.17) is 9.47 Å². The lowest BCUT2D eigenvalue weighted by Gasteiger charge is -2.13. The second-order valence-corrected chi connectivity index (χ2v) is 6.84. The van der Waals surface area contributed by atoms with Crippen molar-refractivity contribution in [2.75, 3.05) is 14.2 Å². The predicted octanol–water partition coefficient (Wildman–Crippen LogP) is 4.86. The Morgan fingerprint density at radius 3 is 1.57 bits per heavy atom. The summed E-state index contributed by atoms with van der Waals surface area (Å²) in [6.07, 6.45) is 5.46. The SMILES string of the molecule is CCc1cc(-c2cn(C)cc(-c3ccc(OC)c(CC)c3)c2=O)ccc1OC. The zero-order chi connectivity index (χ0) is 20.3. The summed E-state index contributed by atoms with van der Waals surface area (Å²) in [5.41, 5.74) is 5.39. The molecule has 3 rings (SSSR count). The third-order valence-electron chi connectivity index (χ3n) is 5.10. The highest BCUT2D eigenvalue weighted by atomic mass is 16.5. The van der Waals surface area contributed by atoms with E-state index in [1.807, 2.05) is 60.4 Å². The van der Waals surface area contributed by atoms with Crippen LogP contribution in [0.2, 0.25) is 0 Å². The van der Waals surface area contributed by atoms with Gasteiger partial charge in [0.2, 0.25) is 0 Å². The number of nitrogens with zero attached hydrogens (tertiary/aromatic N) is 1. The van der Waals surface area contributed by atoms with Crippen LogP contribution in [0.25, 0.3) is 22.3 Å². The number of ether oxygens (including phenoxy) is 2. The van der Waals surface area contributed by atoms with Crippen molar-refractivity contribution in [1.82, 2.24) is 4.57 Å². The van der Waals surface area contributed by atoms with Gasteiger partial charge in [0.25, 0.3) is 0 Å². The van der Waals surface area contributed by atoms with Crippen LogP contribution >= 0.6 is 0 Å². The molecule has 28 heavy (non-hydrogen) atoms. The highest BCUT2D eigenvalue weighted by Gasteiger charge is 2.14. The lowest BCUT2D eigenvalue weighted by atomic mass is 9.97. The standard InChI is InChI=1S/C24H27NO3/c1-6-16-12-18(8-10-22(16)27-4)20-14-25(3)15-21(24(20)26)19-9-11-23(28-5)17(7-2)13-19/h8-15H,6-7H2,1-5H3. The zero-order valence-electron chi connectivity index (χ0n) is 17.2. The Labute approximate surface area is 166 Å². The predicted molar refractivity (Wildman–Crippen MR) is 114 cm³/mol. The molecule has 4 heteroatoms. The molecule has 0 aliphatic heterocycles. The molecule has 3 aromatic rings. The van der Waals surface area contributed by atoms with Crippen LogP contribution < -0.4 is 14.9 Å². The van der Waals surface area contributed by atoms with E-state index in [2.05, 4.69) is 13.8 Å². The van der Waals surface area contributed by atoms with Gasteiger partial charge in [0.15, 0.2) is 5.43 Å². The van der Waals surface area contributed by atoms with E-state index in [1.54, 1.807) is 14.2 Å². The van der Waals surface area contributed by atoms with E-state index in [9.17, 15) is 4.79 Å². The van der Waals surface area contributed by atoms with Gasteiger partial charge in [-0.25, -0.2) is 0 Å². The van der Waals surface area contributed by atoms with Gasteiger partial charge >= 0.3 is 0 Å². The summed E-state index contributed by atoms with van der Waals surface area (Å²) >= 11 is 0. The molecule has 4 nitrogen and oxygen atoms in total. The Balaban J connectivity index is 2.18.